The molecule has 0 saturated heterocycles. The molecule has 0 nitrogen and oxygen atoms in total. The number of allylic oxidation sites excluding steroid dienone is 8. The fourth-order valence-corrected chi connectivity index (χ4v) is 3.55. The van der Waals surface area contributed by atoms with Crippen molar-refractivity contribution in [3.63, 3.8) is 0 Å². The predicted molar refractivity (Wildman–Crippen MR) is 55.0 cm³/mol. The number of hydrogen-bond donors (Lipinski definition) is 0. The van der Waals surface area contributed by atoms with Crippen LogP contribution in [0.15, 0.2) is 43.6 Å². The number of halogens is 1. The molecule has 0 amide bonds. The normalized spacial score (nSPS) is 18.3. The van der Waals surface area contributed by atoms with Crippen molar-refractivity contribution in [3.05, 3.63) is 43.6 Å². The Hall–Kier alpha value is -0.310. The van der Waals surface area contributed by atoms with E-state index >= 15 is 0 Å². The molecular formula is C12H16I-. The Balaban J connectivity index is 2.48. The van der Waals surface area contributed by atoms with Crippen LogP contribution in [0.25, 0.3) is 0 Å². The van der Waals surface area contributed by atoms with Gasteiger partial charge in [0.25, 0.3) is 0 Å². The summed E-state index contributed by atoms with van der Waals surface area (Å²) in [5.41, 5.74) is 0. The maximum atomic E-state index is 2.30. The van der Waals surface area contributed by atoms with Crippen molar-refractivity contribution in [2.24, 2.45) is 0 Å². The Bertz CT molecular complexity index is 267. The van der Waals surface area contributed by atoms with Gasteiger partial charge >= 0.3 is 91.5 Å². The molecule has 0 spiro atoms. The van der Waals surface area contributed by atoms with E-state index in [1.165, 1.54) is 12.8 Å². The molecule has 0 fully saturated rings. The Labute approximate surface area is 91.4 Å². The van der Waals surface area contributed by atoms with E-state index in [1.807, 2.05) is 0 Å². The Morgan fingerprint density at radius 3 is 3.00 bits per heavy atom. The van der Waals surface area contributed by atoms with Gasteiger partial charge in [-0.2, -0.15) is 0 Å². The summed E-state index contributed by atoms with van der Waals surface area (Å²) in [7, 11) is 0. The molecule has 0 heterocycles. The van der Waals surface area contributed by atoms with Crippen LogP contribution < -0.4 is 21.2 Å². The number of rotatable bonds is 3. The summed E-state index contributed by atoms with van der Waals surface area (Å²) in [5.74, 6) is 0. The van der Waals surface area contributed by atoms with Crippen LogP contribution in [0, 0.1) is 0 Å². The van der Waals surface area contributed by atoms with Gasteiger partial charge in [0.2, 0.25) is 0 Å². The standard InChI is InChI=1S/C12H16I/c1-3-4-8-11(2)13-12-9-6-5-7-10-12/h3-6,8-9H,7,10H2,1-2H3/q-1/b4-3-,11-8+. The second-order valence-electron chi connectivity index (χ2n) is 2.95. The first-order chi connectivity index (χ1) is 6.33. The molecule has 0 N–H and O–H groups in total. The molecule has 0 aromatic heterocycles. The van der Waals surface area contributed by atoms with Gasteiger partial charge in [-0.1, -0.05) is 0 Å². The van der Waals surface area contributed by atoms with E-state index in [-0.39, 0.29) is 21.2 Å². The van der Waals surface area contributed by atoms with Crippen molar-refractivity contribution in [3.8, 4) is 0 Å². The predicted octanol–water partition coefficient (Wildman–Crippen LogP) is 0.789. The average molecular weight is 287 g/mol. The molecule has 72 valence electrons. The van der Waals surface area contributed by atoms with Crippen LogP contribution in [0.3, 0.4) is 0 Å². The molecule has 0 unspecified atom stereocenters. The summed E-state index contributed by atoms with van der Waals surface area (Å²) in [6, 6.07) is 0. The summed E-state index contributed by atoms with van der Waals surface area (Å²) >= 11 is 0.148. The summed E-state index contributed by atoms with van der Waals surface area (Å²) in [4.78, 5) is 0. The van der Waals surface area contributed by atoms with Crippen molar-refractivity contribution in [2.45, 2.75) is 26.7 Å². The first-order valence-corrected chi connectivity index (χ1v) is 6.79. The third-order valence-corrected chi connectivity index (χ3v) is 4.55. The topological polar surface area (TPSA) is 0 Å². The van der Waals surface area contributed by atoms with Gasteiger partial charge in [-0.05, 0) is 0 Å². The van der Waals surface area contributed by atoms with E-state index < -0.39 is 0 Å². The van der Waals surface area contributed by atoms with Gasteiger partial charge < -0.3 is 0 Å². The third kappa shape index (κ3) is 4.46. The Kier molecular flexibility index (Phi) is 5.13. The van der Waals surface area contributed by atoms with Crippen molar-refractivity contribution in [1.29, 1.82) is 0 Å². The van der Waals surface area contributed by atoms with Crippen LogP contribution >= 0.6 is 0 Å². The molecule has 1 heteroatoms. The third-order valence-electron chi connectivity index (χ3n) is 1.75. The van der Waals surface area contributed by atoms with Gasteiger partial charge in [0, 0.05) is 0 Å². The molecular weight excluding hydrogens is 271 g/mol. The summed E-state index contributed by atoms with van der Waals surface area (Å²) in [6.45, 7) is 4.30. The van der Waals surface area contributed by atoms with Crippen molar-refractivity contribution in [2.75, 3.05) is 0 Å². The summed E-state index contributed by atoms with van der Waals surface area (Å²) in [5, 5.41) is 0. The zero-order valence-electron chi connectivity index (χ0n) is 8.26. The van der Waals surface area contributed by atoms with Crippen molar-refractivity contribution in [1.82, 2.24) is 0 Å². The van der Waals surface area contributed by atoms with Gasteiger partial charge in [-0.15, -0.1) is 0 Å². The molecule has 0 bridgehead atoms. The second-order valence-corrected chi connectivity index (χ2v) is 6.58. The Morgan fingerprint density at radius 1 is 1.54 bits per heavy atom. The first-order valence-electron chi connectivity index (χ1n) is 4.63. The van der Waals surface area contributed by atoms with Gasteiger partial charge in [-0.3, -0.25) is 0 Å². The van der Waals surface area contributed by atoms with Gasteiger partial charge in [0.1, 0.15) is 0 Å². The molecule has 1 rings (SSSR count). The fraction of sp³-hybridized carbons (Fsp3) is 0.333. The van der Waals surface area contributed by atoms with Crippen LogP contribution in [0.1, 0.15) is 26.7 Å². The van der Waals surface area contributed by atoms with Crippen LogP contribution in [-0.2, 0) is 0 Å². The molecule has 0 saturated carbocycles. The maximum absolute atomic E-state index is 2.30. The van der Waals surface area contributed by atoms with Crippen LogP contribution in [-0.4, -0.2) is 0 Å². The monoisotopic (exact) mass is 287 g/mol. The van der Waals surface area contributed by atoms with Gasteiger partial charge in [-0.25, -0.2) is 0 Å². The number of hydrogen-bond acceptors (Lipinski definition) is 0. The summed E-state index contributed by atoms with van der Waals surface area (Å²) < 4.78 is 3.22. The quantitative estimate of drug-likeness (QED) is 0.532. The summed E-state index contributed by atoms with van der Waals surface area (Å²) in [6.07, 6.45) is 15.7. The SMILES string of the molecule is C/C=C\C=C(/C)[I-]C1=CC=CCC1. The van der Waals surface area contributed by atoms with E-state index in [2.05, 4.69) is 50.3 Å². The van der Waals surface area contributed by atoms with Crippen molar-refractivity contribution >= 4 is 0 Å². The fourth-order valence-electron chi connectivity index (χ4n) is 1.10. The van der Waals surface area contributed by atoms with E-state index in [0.717, 1.165) is 0 Å². The average Bonchev–Trinajstić information content (AvgIpc) is 2.16. The molecule has 0 radical (unpaired) electrons. The minimum absolute atomic E-state index is 0.148. The molecule has 13 heavy (non-hydrogen) atoms. The van der Waals surface area contributed by atoms with E-state index in [0.29, 0.717) is 0 Å². The van der Waals surface area contributed by atoms with Crippen LogP contribution in [0.4, 0.5) is 0 Å². The minimum atomic E-state index is 0.148. The zero-order valence-corrected chi connectivity index (χ0v) is 10.4. The molecule has 1 aliphatic rings. The van der Waals surface area contributed by atoms with Crippen LogP contribution in [0.5, 0.6) is 0 Å². The molecule has 0 atom stereocenters. The van der Waals surface area contributed by atoms with Gasteiger partial charge in [0.15, 0.2) is 0 Å². The van der Waals surface area contributed by atoms with Crippen LogP contribution in [0.2, 0.25) is 0 Å². The van der Waals surface area contributed by atoms with E-state index in [9.17, 15) is 0 Å². The first kappa shape index (κ1) is 10.8. The zero-order chi connectivity index (χ0) is 9.52. The molecule has 0 aromatic carbocycles. The molecule has 1 aliphatic carbocycles. The van der Waals surface area contributed by atoms with Gasteiger partial charge in [0.05, 0.1) is 0 Å². The molecule has 0 aliphatic heterocycles. The van der Waals surface area contributed by atoms with E-state index in [4.69, 9.17) is 0 Å². The molecule has 0 aromatic rings. The second kappa shape index (κ2) is 6.19. The Morgan fingerprint density at radius 2 is 2.38 bits per heavy atom. The van der Waals surface area contributed by atoms with Crippen molar-refractivity contribution < 1.29 is 21.2 Å². The van der Waals surface area contributed by atoms with E-state index in [1.54, 1.807) is 7.16 Å².